The molecule has 2 heterocycles. The largest absolute Gasteiger partial charge is 0.379 e. The third-order valence-corrected chi connectivity index (χ3v) is 4.50. The summed E-state index contributed by atoms with van der Waals surface area (Å²) < 4.78 is 6.50. The molecule has 1 fully saturated rings. The van der Waals surface area contributed by atoms with E-state index in [1.54, 1.807) is 11.3 Å². The molecular formula is C10H14BrNOS. The average Bonchev–Trinajstić information content (AvgIpc) is 2.44. The first-order chi connectivity index (χ1) is 6.62. The number of halogens is 1. The molecule has 1 unspecified atom stereocenters. The van der Waals surface area contributed by atoms with Crippen LogP contribution in [0, 0.1) is 0 Å². The molecule has 0 saturated carbocycles. The van der Waals surface area contributed by atoms with E-state index in [-0.39, 0.29) is 11.5 Å². The first-order valence-corrected chi connectivity index (χ1v) is 6.37. The maximum Gasteiger partial charge on any atom is 0.0594 e. The third-order valence-electron chi connectivity index (χ3n) is 2.56. The highest BCUT2D eigenvalue weighted by Gasteiger charge is 2.41. The van der Waals surface area contributed by atoms with Crippen molar-refractivity contribution >= 4 is 27.3 Å². The van der Waals surface area contributed by atoms with E-state index in [9.17, 15) is 0 Å². The topological polar surface area (TPSA) is 35.2 Å². The minimum atomic E-state index is 0.199. The van der Waals surface area contributed by atoms with E-state index in [0.717, 1.165) is 24.1 Å². The van der Waals surface area contributed by atoms with Crippen LogP contribution in [-0.2, 0) is 10.2 Å². The van der Waals surface area contributed by atoms with Crippen molar-refractivity contribution in [2.24, 2.45) is 5.73 Å². The molecule has 2 N–H and O–H groups in total. The minimum Gasteiger partial charge on any atom is -0.379 e. The lowest BCUT2D eigenvalue weighted by Crippen LogP contribution is -2.49. The smallest absolute Gasteiger partial charge is 0.0594 e. The summed E-state index contributed by atoms with van der Waals surface area (Å²) in [5, 5.41) is 2.12. The molecule has 0 radical (unpaired) electrons. The van der Waals surface area contributed by atoms with E-state index < -0.39 is 0 Å². The Morgan fingerprint density at radius 1 is 1.71 bits per heavy atom. The van der Waals surface area contributed by atoms with Crippen LogP contribution in [0.4, 0.5) is 0 Å². The lowest BCUT2D eigenvalue weighted by molar-refractivity contribution is -0.0646. The fourth-order valence-electron chi connectivity index (χ4n) is 1.92. The van der Waals surface area contributed by atoms with Gasteiger partial charge in [0.15, 0.2) is 0 Å². The quantitative estimate of drug-likeness (QED) is 0.920. The van der Waals surface area contributed by atoms with E-state index >= 15 is 0 Å². The maximum absolute atomic E-state index is 5.87. The SMILES string of the molecule is CC(N)CC1(c2cc(Br)cs2)COC1. The van der Waals surface area contributed by atoms with E-state index in [0.29, 0.717) is 0 Å². The Kier molecular flexibility index (Phi) is 2.98. The standard InChI is InChI=1S/C10H14BrNOS/c1-7(12)3-10(5-13-6-10)9-2-8(11)4-14-9/h2,4,7H,3,5-6,12H2,1H3. The molecule has 4 heteroatoms. The van der Waals surface area contributed by atoms with Gasteiger partial charge in [-0.2, -0.15) is 0 Å². The molecule has 1 saturated heterocycles. The molecule has 0 spiro atoms. The monoisotopic (exact) mass is 275 g/mol. The zero-order valence-corrected chi connectivity index (χ0v) is 10.5. The molecule has 0 aromatic carbocycles. The lowest BCUT2D eigenvalue weighted by Gasteiger charge is -2.42. The summed E-state index contributed by atoms with van der Waals surface area (Å²) >= 11 is 5.27. The molecule has 2 rings (SSSR count). The van der Waals surface area contributed by atoms with Crippen molar-refractivity contribution in [3.63, 3.8) is 0 Å². The molecule has 0 amide bonds. The molecule has 1 aromatic heterocycles. The highest BCUT2D eigenvalue weighted by molar-refractivity contribution is 9.10. The van der Waals surface area contributed by atoms with Crippen LogP contribution in [-0.4, -0.2) is 19.3 Å². The lowest BCUT2D eigenvalue weighted by atomic mass is 9.79. The van der Waals surface area contributed by atoms with Crippen molar-refractivity contribution in [2.75, 3.05) is 13.2 Å². The van der Waals surface area contributed by atoms with Gasteiger partial charge in [0.05, 0.1) is 18.6 Å². The van der Waals surface area contributed by atoms with Gasteiger partial charge in [-0.1, -0.05) is 0 Å². The number of hydrogen-bond donors (Lipinski definition) is 1. The molecule has 1 aromatic rings. The Hall–Kier alpha value is 0.1000. The molecule has 1 atom stereocenters. The predicted molar refractivity (Wildman–Crippen MR) is 62.8 cm³/mol. The van der Waals surface area contributed by atoms with Crippen LogP contribution in [0.3, 0.4) is 0 Å². The fraction of sp³-hybridized carbons (Fsp3) is 0.600. The number of thiophene rings is 1. The van der Waals surface area contributed by atoms with Gasteiger partial charge >= 0.3 is 0 Å². The van der Waals surface area contributed by atoms with E-state index in [1.807, 2.05) is 0 Å². The summed E-state index contributed by atoms with van der Waals surface area (Å²) in [6, 6.07) is 2.43. The molecule has 14 heavy (non-hydrogen) atoms. The normalized spacial score (nSPS) is 21.6. The van der Waals surface area contributed by atoms with Crippen molar-refractivity contribution < 1.29 is 4.74 Å². The highest BCUT2D eigenvalue weighted by Crippen LogP contribution is 2.40. The van der Waals surface area contributed by atoms with Gasteiger partial charge in [-0.3, -0.25) is 0 Å². The summed E-state index contributed by atoms with van der Waals surface area (Å²) in [6.07, 6.45) is 1.01. The van der Waals surface area contributed by atoms with Crippen LogP contribution in [0.25, 0.3) is 0 Å². The first-order valence-electron chi connectivity index (χ1n) is 4.70. The fourth-order valence-corrected chi connectivity index (χ4v) is 3.53. The highest BCUT2D eigenvalue weighted by atomic mass is 79.9. The van der Waals surface area contributed by atoms with E-state index in [1.165, 1.54) is 4.88 Å². The predicted octanol–water partition coefficient (Wildman–Crippen LogP) is 2.52. The maximum atomic E-state index is 5.87. The summed E-state index contributed by atoms with van der Waals surface area (Å²) in [5.74, 6) is 0. The molecule has 2 nitrogen and oxygen atoms in total. The van der Waals surface area contributed by atoms with Crippen LogP contribution in [0.15, 0.2) is 15.9 Å². The van der Waals surface area contributed by atoms with Gasteiger partial charge in [0.1, 0.15) is 0 Å². The molecule has 0 bridgehead atoms. The average molecular weight is 276 g/mol. The second-order valence-electron chi connectivity index (χ2n) is 4.08. The molecule has 1 aliphatic heterocycles. The van der Waals surface area contributed by atoms with Crippen molar-refractivity contribution in [3.05, 3.63) is 20.8 Å². The van der Waals surface area contributed by atoms with Crippen LogP contribution >= 0.6 is 27.3 Å². The summed E-state index contributed by atoms with van der Waals surface area (Å²) in [4.78, 5) is 1.40. The Morgan fingerprint density at radius 2 is 2.43 bits per heavy atom. The van der Waals surface area contributed by atoms with E-state index in [2.05, 4.69) is 34.3 Å². The molecule has 78 valence electrons. The van der Waals surface area contributed by atoms with Gasteiger partial charge < -0.3 is 10.5 Å². The van der Waals surface area contributed by atoms with Gasteiger partial charge in [-0.15, -0.1) is 11.3 Å². The van der Waals surface area contributed by atoms with E-state index in [4.69, 9.17) is 10.5 Å². The van der Waals surface area contributed by atoms with Crippen molar-refractivity contribution in [2.45, 2.75) is 24.8 Å². The van der Waals surface area contributed by atoms with Crippen molar-refractivity contribution in [3.8, 4) is 0 Å². The third kappa shape index (κ3) is 1.89. The molecule has 0 aliphatic carbocycles. The second-order valence-corrected chi connectivity index (χ2v) is 5.91. The summed E-state index contributed by atoms with van der Waals surface area (Å²) in [5.41, 5.74) is 6.07. The van der Waals surface area contributed by atoms with Crippen molar-refractivity contribution in [1.82, 2.24) is 0 Å². The van der Waals surface area contributed by atoms with Crippen LogP contribution in [0.1, 0.15) is 18.2 Å². The zero-order chi connectivity index (χ0) is 10.2. The number of nitrogens with two attached hydrogens (primary N) is 1. The summed E-state index contributed by atoms with van der Waals surface area (Å²) in [7, 11) is 0. The second kappa shape index (κ2) is 3.93. The Morgan fingerprint density at radius 3 is 2.79 bits per heavy atom. The Balaban J connectivity index is 2.20. The van der Waals surface area contributed by atoms with Crippen LogP contribution < -0.4 is 5.73 Å². The zero-order valence-electron chi connectivity index (χ0n) is 8.13. The number of hydrogen-bond acceptors (Lipinski definition) is 3. The minimum absolute atomic E-state index is 0.199. The van der Waals surface area contributed by atoms with Gasteiger partial charge in [0.2, 0.25) is 0 Å². The first kappa shape index (κ1) is 10.6. The van der Waals surface area contributed by atoms with Gasteiger partial charge in [-0.25, -0.2) is 0 Å². The van der Waals surface area contributed by atoms with Gasteiger partial charge in [0, 0.05) is 20.8 Å². The number of ether oxygens (including phenoxy) is 1. The molecular weight excluding hydrogens is 262 g/mol. The van der Waals surface area contributed by atoms with Crippen molar-refractivity contribution in [1.29, 1.82) is 0 Å². The number of rotatable bonds is 3. The Labute approximate surface area is 96.6 Å². The van der Waals surface area contributed by atoms with Gasteiger partial charge in [0.25, 0.3) is 0 Å². The van der Waals surface area contributed by atoms with Crippen LogP contribution in [0.2, 0.25) is 0 Å². The summed E-state index contributed by atoms with van der Waals surface area (Å²) in [6.45, 7) is 3.70. The Bertz CT molecular complexity index is 320. The van der Waals surface area contributed by atoms with Crippen LogP contribution in [0.5, 0.6) is 0 Å². The molecule has 1 aliphatic rings. The van der Waals surface area contributed by atoms with Gasteiger partial charge in [-0.05, 0) is 35.3 Å².